The fourth-order valence-corrected chi connectivity index (χ4v) is 5.02. The van der Waals surface area contributed by atoms with Crippen molar-refractivity contribution in [2.75, 3.05) is 11.9 Å². The van der Waals surface area contributed by atoms with E-state index in [9.17, 15) is 22.8 Å². The van der Waals surface area contributed by atoms with Crippen molar-refractivity contribution in [3.8, 4) is 10.6 Å². The average molecular weight is 581 g/mol. The maximum atomic E-state index is 13.6. The molecule has 0 fully saturated rings. The molecule has 0 saturated heterocycles. The summed E-state index contributed by atoms with van der Waals surface area (Å²) in [6, 6.07) is 21.4. The van der Waals surface area contributed by atoms with E-state index in [1.165, 1.54) is 12.1 Å². The fourth-order valence-electron chi connectivity index (χ4n) is 4.26. The van der Waals surface area contributed by atoms with Crippen molar-refractivity contribution in [3.05, 3.63) is 101 Å². The first-order chi connectivity index (χ1) is 19.3. The standard InChI is InChI=1S/C31H31F3N4O2S/c1-20(21-8-6-5-7-9-21)38(28(40)23-12-14-24(15-13-23)30(2,3)4)19-18-26(39)35-29-37-36-27(41-29)22-10-16-25(17-11-22)31(32,33)34/h5-17,20H,18-19H2,1-4H3,(H,35,37,39)/t20-/m0/s1. The molecule has 0 saturated carbocycles. The molecule has 0 aliphatic carbocycles. The lowest BCUT2D eigenvalue weighted by atomic mass is 9.86. The van der Waals surface area contributed by atoms with Gasteiger partial charge in [-0.1, -0.05) is 86.7 Å². The lowest BCUT2D eigenvalue weighted by Crippen LogP contribution is -2.36. The van der Waals surface area contributed by atoms with Gasteiger partial charge < -0.3 is 10.2 Å². The van der Waals surface area contributed by atoms with E-state index in [4.69, 9.17) is 0 Å². The highest BCUT2D eigenvalue weighted by atomic mass is 32.1. The quantitative estimate of drug-likeness (QED) is 0.231. The van der Waals surface area contributed by atoms with Gasteiger partial charge in [0, 0.05) is 24.1 Å². The summed E-state index contributed by atoms with van der Waals surface area (Å²) in [7, 11) is 0. The molecule has 0 spiro atoms. The molecule has 41 heavy (non-hydrogen) atoms. The molecule has 6 nitrogen and oxygen atoms in total. The molecule has 4 rings (SSSR count). The Morgan fingerprint density at radius 1 is 0.878 bits per heavy atom. The van der Waals surface area contributed by atoms with Crippen LogP contribution in [0.5, 0.6) is 0 Å². The Morgan fingerprint density at radius 3 is 2.07 bits per heavy atom. The number of hydrogen-bond acceptors (Lipinski definition) is 5. The van der Waals surface area contributed by atoms with E-state index in [1.807, 2.05) is 61.5 Å². The van der Waals surface area contributed by atoms with Crippen molar-refractivity contribution < 1.29 is 22.8 Å². The van der Waals surface area contributed by atoms with Gasteiger partial charge in [0.15, 0.2) is 0 Å². The van der Waals surface area contributed by atoms with Gasteiger partial charge in [0.2, 0.25) is 11.0 Å². The average Bonchev–Trinajstić information content (AvgIpc) is 3.41. The second-order valence-electron chi connectivity index (χ2n) is 10.7. The molecule has 1 aromatic heterocycles. The lowest BCUT2D eigenvalue weighted by molar-refractivity contribution is -0.137. The molecule has 0 radical (unpaired) electrons. The SMILES string of the molecule is C[C@@H](c1ccccc1)N(CCC(=O)Nc1nnc(-c2ccc(C(F)(F)F)cc2)s1)C(=O)c1ccc(C(C)(C)C)cc1. The van der Waals surface area contributed by atoms with Crippen LogP contribution >= 0.6 is 11.3 Å². The zero-order valence-corrected chi connectivity index (χ0v) is 24.0. The van der Waals surface area contributed by atoms with Crippen molar-refractivity contribution in [1.29, 1.82) is 0 Å². The molecule has 0 unspecified atom stereocenters. The third-order valence-electron chi connectivity index (χ3n) is 6.72. The highest BCUT2D eigenvalue weighted by Gasteiger charge is 2.30. The molecular formula is C31H31F3N4O2S. The monoisotopic (exact) mass is 580 g/mol. The molecule has 214 valence electrons. The first kappa shape index (κ1) is 29.9. The first-order valence-corrected chi connectivity index (χ1v) is 13.9. The molecule has 3 aromatic carbocycles. The van der Waals surface area contributed by atoms with Crippen LogP contribution in [0, 0.1) is 0 Å². The number of anilines is 1. The van der Waals surface area contributed by atoms with Crippen LogP contribution in [0.15, 0.2) is 78.9 Å². The van der Waals surface area contributed by atoms with E-state index < -0.39 is 11.7 Å². The Hall–Kier alpha value is -4.05. The second kappa shape index (κ2) is 12.2. The molecule has 1 heterocycles. The van der Waals surface area contributed by atoms with Crippen LogP contribution in [0.4, 0.5) is 18.3 Å². The number of nitrogens with one attached hydrogen (secondary N) is 1. The first-order valence-electron chi connectivity index (χ1n) is 13.1. The van der Waals surface area contributed by atoms with Crippen molar-refractivity contribution >= 4 is 28.3 Å². The highest BCUT2D eigenvalue weighted by Crippen LogP contribution is 2.32. The van der Waals surface area contributed by atoms with Crippen LogP contribution in [0.3, 0.4) is 0 Å². The number of carbonyl (C=O) groups is 2. The highest BCUT2D eigenvalue weighted by molar-refractivity contribution is 7.18. The minimum Gasteiger partial charge on any atom is -0.331 e. The molecule has 1 N–H and O–H groups in total. The summed E-state index contributed by atoms with van der Waals surface area (Å²) >= 11 is 1.06. The topological polar surface area (TPSA) is 75.2 Å². The minimum absolute atomic E-state index is 0.0121. The number of alkyl halides is 3. The van der Waals surface area contributed by atoms with Gasteiger partial charge in [-0.3, -0.25) is 9.59 Å². The number of hydrogen-bond donors (Lipinski definition) is 1. The predicted octanol–water partition coefficient (Wildman–Crippen LogP) is 7.75. The Morgan fingerprint density at radius 2 is 1.49 bits per heavy atom. The molecule has 4 aromatic rings. The largest absolute Gasteiger partial charge is 0.416 e. The van der Waals surface area contributed by atoms with E-state index in [1.54, 1.807) is 4.90 Å². The third-order valence-corrected chi connectivity index (χ3v) is 7.61. The van der Waals surface area contributed by atoms with Gasteiger partial charge >= 0.3 is 6.18 Å². The van der Waals surface area contributed by atoms with Crippen LogP contribution in [0.2, 0.25) is 0 Å². The predicted molar refractivity (Wildman–Crippen MR) is 155 cm³/mol. The van der Waals surface area contributed by atoms with E-state index in [2.05, 4.69) is 36.3 Å². The van der Waals surface area contributed by atoms with Crippen molar-refractivity contribution in [2.45, 2.75) is 51.7 Å². The van der Waals surface area contributed by atoms with Crippen molar-refractivity contribution in [3.63, 3.8) is 0 Å². The van der Waals surface area contributed by atoms with Crippen molar-refractivity contribution in [2.24, 2.45) is 0 Å². The number of rotatable bonds is 8. The minimum atomic E-state index is -4.43. The summed E-state index contributed by atoms with van der Waals surface area (Å²) in [5.74, 6) is -0.545. The molecule has 0 aliphatic rings. The van der Waals surface area contributed by atoms with Gasteiger partial charge in [0.05, 0.1) is 11.6 Å². The zero-order chi connectivity index (χ0) is 29.8. The van der Waals surface area contributed by atoms with Crippen LogP contribution in [0.1, 0.15) is 67.2 Å². The number of aromatic nitrogens is 2. The number of nitrogens with zero attached hydrogens (tertiary/aromatic N) is 3. The zero-order valence-electron chi connectivity index (χ0n) is 23.2. The van der Waals surface area contributed by atoms with Crippen molar-refractivity contribution in [1.82, 2.24) is 15.1 Å². The van der Waals surface area contributed by atoms with E-state index >= 15 is 0 Å². The summed E-state index contributed by atoms with van der Waals surface area (Å²) in [6.07, 6.45) is -4.42. The molecule has 0 aliphatic heterocycles. The van der Waals surface area contributed by atoms with Gasteiger partial charge in [-0.15, -0.1) is 10.2 Å². The summed E-state index contributed by atoms with van der Waals surface area (Å²) in [6.45, 7) is 8.41. The number of halogens is 3. The van der Waals surface area contributed by atoms with Gasteiger partial charge in [0.25, 0.3) is 5.91 Å². The summed E-state index contributed by atoms with van der Waals surface area (Å²) in [5, 5.41) is 11.2. The Labute approximate surface area is 241 Å². The van der Waals surface area contributed by atoms with Gasteiger partial charge in [-0.05, 0) is 47.7 Å². The molecule has 1 atom stereocenters. The summed E-state index contributed by atoms with van der Waals surface area (Å²) in [4.78, 5) is 28.2. The van der Waals surface area contributed by atoms with Crippen LogP contribution in [0.25, 0.3) is 10.6 Å². The Bertz CT molecular complexity index is 1480. The maximum absolute atomic E-state index is 13.6. The lowest BCUT2D eigenvalue weighted by Gasteiger charge is -2.30. The number of carbonyl (C=O) groups excluding carboxylic acids is 2. The van der Waals surface area contributed by atoms with Crippen LogP contribution in [-0.2, 0) is 16.4 Å². The van der Waals surface area contributed by atoms with Crippen LogP contribution < -0.4 is 5.32 Å². The fraction of sp³-hybridized carbons (Fsp3) is 0.290. The van der Waals surface area contributed by atoms with Gasteiger partial charge in [0.1, 0.15) is 5.01 Å². The van der Waals surface area contributed by atoms with Gasteiger partial charge in [-0.2, -0.15) is 13.2 Å². The normalized spacial score (nSPS) is 12.6. The van der Waals surface area contributed by atoms with E-state index in [-0.39, 0.29) is 41.4 Å². The molecule has 2 amide bonds. The second-order valence-corrected chi connectivity index (χ2v) is 11.7. The number of benzene rings is 3. The smallest absolute Gasteiger partial charge is 0.331 e. The summed E-state index contributed by atoms with van der Waals surface area (Å²) < 4.78 is 38.6. The van der Waals surface area contributed by atoms with E-state index in [0.29, 0.717) is 16.1 Å². The summed E-state index contributed by atoms with van der Waals surface area (Å²) in [5.41, 5.74) is 2.25. The third kappa shape index (κ3) is 7.58. The molecular weight excluding hydrogens is 549 g/mol. The van der Waals surface area contributed by atoms with Gasteiger partial charge in [-0.25, -0.2) is 0 Å². The van der Waals surface area contributed by atoms with E-state index in [0.717, 1.165) is 34.6 Å². The Kier molecular flexibility index (Phi) is 8.92. The number of amides is 2. The van der Waals surface area contributed by atoms with Crippen LogP contribution in [-0.4, -0.2) is 33.5 Å². The molecule has 10 heteroatoms. The Balaban J connectivity index is 1.45. The molecule has 0 bridgehead atoms. The maximum Gasteiger partial charge on any atom is 0.416 e.